The Morgan fingerprint density at radius 3 is 2.36 bits per heavy atom. The maximum atomic E-state index is 13.3. The zero-order chi connectivity index (χ0) is 22.9. The highest BCUT2D eigenvalue weighted by molar-refractivity contribution is 5.97. The third kappa shape index (κ3) is 3.96. The lowest BCUT2D eigenvalue weighted by molar-refractivity contribution is -0.122. The van der Waals surface area contributed by atoms with Crippen molar-refractivity contribution in [3.05, 3.63) is 100 Å². The van der Waals surface area contributed by atoms with Gasteiger partial charge in [-0.05, 0) is 55.8 Å². The van der Waals surface area contributed by atoms with E-state index in [1.807, 2.05) is 68.4 Å². The summed E-state index contributed by atoms with van der Waals surface area (Å²) in [4.78, 5) is 26.4. The molecule has 1 amide bonds. The molecule has 0 spiro atoms. The number of benzene rings is 3. The van der Waals surface area contributed by atoms with Crippen molar-refractivity contribution in [1.82, 2.24) is 0 Å². The van der Waals surface area contributed by atoms with Crippen LogP contribution in [0.15, 0.2) is 88.1 Å². The minimum absolute atomic E-state index is 0.0363. The molecular weight excluding hydrogens is 418 g/mol. The molecular formula is C27H23NO5. The molecule has 4 aromatic rings. The molecule has 0 saturated heterocycles. The summed E-state index contributed by atoms with van der Waals surface area (Å²) >= 11 is 0. The monoisotopic (exact) mass is 441 g/mol. The molecule has 2 unspecified atom stereocenters. The number of carbonyl (C=O) groups excluding carboxylic acids is 1. The molecule has 2 heterocycles. The Bertz CT molecular complexity index is 1360. The molecule has 0 bridgehead atoms. The summed E-state index contributed by atoms with van der Waals surface area (Å²) in [6.45, 7) is 3.91. The second-order valence-electron chi connectivity index (χ2n) is 8.24. The average molecular weight is 441 g/mol. The molecule has 33 heavy (non-hydrogen) atoms. The summed E-state index contributed by atoms with van der Waals surface area (Å²) in [7, 11) is 0. The Morgan fingerprint density at radius 1 is 0.939 bits per heavy atom. The molecule has 0 aliphatic carbocycles. The van der Waals surface area contributed by atoms with Crippen LogP contribution in [0.25, 0.3) is 11.0 Å². The Morgan fingerprint density at radius 2 is 1.64 bits per heavy atom. The van der Waals surface area contributed by atoms with Crippen LogP contribution in [-0.2, 0) is 4.79 Å². The summed E-state index contributed by atoms with van der Waals surface area (Å²) in [5, 5.41) is 3.56. The smallest absolute Gasteiger partial charge is 0.344 e. The summed E-state index contributed by atoms with van der Waals surface area (Å²) in [5.74, 6) is 0.136. The first-order chi connectivity index (χ1) is 16.0. The number of carbonyl (C=O) groups is 1. The van der Waals surface area contributed by atoms with Crippen molar-refractivity contribution in [2.45, 2.75) is 32.0 Å². The largest absolute Gasteiger partial charge is 0.491 e. The van der Waals surface area contributed by atoms with Crippen molar-refractivity contribution in [3.63, 3.8) is 0 Å². The van der Waals surface area contributed by atoms with Gasteiger partial charge in [0, 0.05) is 5.69 Å². The molecule has 3 aromatic carbocycles. The number of amides is 1. The van der Waals surface area contributed by atoms with Crippen LogP contribution in [0.5, 0.6) is 11.5 Å². The molecule has 166 valence electrons. The van der Waals surface area contributed by atoms with Gasteiger partial charge in [-0.1, -0.05) is 42.5 Å². The fourth-order valence-electron chi connectivity index (χ4n) is 4.18. The minimum atomic E-state index is -0.939. The van der Waals surface area contributed by atoms with E-state index >= 15 is 0 Å². The molecule has 0 fully saturated rings. The van der Waals surface area contributed by atoms with Crippen molar-refractivity contribution in [2.24, 2.45) is 0 Å². The Hall–Kier alpha value is -4.06. The lowest BCUT2D eigenvalue weighted by Gasteiger charge is -2.19. The van der Waals surface area contributed by atoms with E-state index in [0.717, 1.165) is 5.56 Å². The summed E-state index contributed by atoms with van der Waals surface area (Å²) in [5.41, 5.74) is 1.68. The molecule has 0 saturated carbocycles. The zero-order valence-electron chi connectivity index (χ0n) is 18.3. The highest BCUT2D eigenvalue weighted by Crippen LogP contribution is 2.44. The van der Waals surface area contributed by atoms with Crippen molar-refractivity contribution >= 4 is 22.6 Å². The van der Waals surface area contributed by atoms with Gasteiger partial charge in [0.05, 0.1) is 23.0 Å². The SMILES string of the molecule is CC(C)Oc1ccc(C2c3c(c4ccccc4oc3=O)OC2C(=O)Nc2ccccc2)cc1. The number of anilines is 1. The van der Waals surface area contributed by atoms with E-state index in [9.17, 15) is 9.59 Å². The van der Waals surface area contributed by atoms with E-state index in [1.54, 1.807) is 24.3 Å². The van der Waals surface area contributed by atoms with Gasteiger partial charge in [0.1, 0.15) is 17.1 Å². The molecule has 1 aliphatic heterocycles. The van der Waals surface area contributed by atoms with Crippen molar-refractivity contribution in [1.29, 1.82) is 0 Å². The lowest BCUT2D eigenvalue weighted by atomic mass is 9.88. The first kappa shape index (κ1) is 20.8. The van der Waals surface area contributed by atoms with Gasteiger partial charge in [0.15, 0.2) is 6.10 Å². The summed E-state index contributed by atoms with van der Waals surface area (Å²) in [6, 6.07) is 23.7. The van der Waals surface area contributed by atoms with Crippen LogP contribution in [0.2, 0.25) is 0 Å². The van der Waals surface area contributed by atoms with E-state index in [4.69, 9.17) is 13.9 Å². The van der Waals surface area contributed by atoms with Gasteiger partial charge < -0.3 is 19.2 Å². The van der Waals surface area contributed by atoms with E-state index in [-0.39, 0.29) is 12.0 Å². The second-order valence-corrected chi connectivity index (χ2v) is 8.24. The van der Waals surface area contributed by atoms with E-state index in [2.05, 4.69) is 5.32 Å². The first-order valence-corrected chi connectivity index (χ1v) is 10.9. The van der Waals surface area contributed by atoms with E-state index < -0.39 is 17.6 Å². The van der Waals surface area contributed by atoms with Crippen molar-refractivity contribution < 1.29 is 18.7 Å². The number of fused-ring (bicyclic) bond motifs is 3. The van der Waals surface area contributed by atoms with Crippen molar-refractivity contribution in [3.8, 4) is 11.5 Å². The van der Waals surface area contributed by atoms with Crippen LogP contribution in [-0.4, -0.2) is 18.1 Å². The average Bonchev–Trinajstić information content (AvgIpc) is 3.22. The molecule has 1 N–H and O–H groups in total. The third-order valence-electron chi connectivity index (χ3n) is 5.57. The predicted molar refractivity (Wildman–Crippen MR) is 126 cm³/mol. The first-order valence-electron chi connectivity index (χ1n) is 10.9. The van der Waals surface area contributed by atoms with Gasteiger partial charge in [-0.2, -0.15) is 0 Å². The van der Waals surface area contributed by atoms with Gasteiger partial charge in [0.25, 0.3) is 5.91 Å². The normalized spacial score (nSPS) is 16.9. The topological polar surface area (TPSA) is 77.8 Å². The Balaban J connectivity index is 1.60. The number of ether oxygens (including phenoxy) is 2. The third-order valence-corrected chi connectivity index (χ3v) is 5.57. The predicted octanol–water partition coefficient (Wildman–Crippen LogP) is 5.11. The fourth-order valence-corrected chi connectivity index (χ4v) is 4.18. The molecule has 6 nitrogen and oxygen atoms in total. The van der Waals surface area contributed by atoms with Gasteiger partial charge >= 0.3 is 5.63 Å². The van der Waals surface area contributed by atoms with Gasteiger partial charge in [-0.15, -0.1) is 0 Å². The molecule has 0 radical (unpaired) electrons. The zero-order valence-corrected chi connectivity index (χ0v) is 18.3. The molecule has 1 aromatic heterocycles. The van der Waals surface area contributed by atoms with Gasteiger partial charge in [0.2, 0.25) is 0 Å². The molecule has 5 rings (SSSR count). The van der Waals surface area contributed by atoms with Crippen LogP contribution < -0.4 is 20.4 Å². The Kier molecular flexibility index (Phi) is 5.34. The standard InChI is InChI=1S/C27H23NO5/c1-16(2)31-19-14-12-17(13-15-19)22-23-24(20-10-6-7-11-21(20)32-27(23)30)33-25(22)26(29)28-18-8-4-3-5-9-18/h3-16,22,25H,1-2H3,(H,28,29). The van der Waals surface area contributed by atoms with Crippen LogP contribution in [0, 0.1) is 0 Å². The maximum absolute atomic E-state index is 13.3. The summed E-state index contributed by atoms with van der Waals surface area (Å²) in [6.07, 6.45) is -0.903. The van der Waals surface area contributed by atoms with Crippen molar-refractivity contribution in [2.75, 3.05) is 5.32 Å². The van der Waals surface area contributed by atoms with E-state index in [1.165, 1.54) is 0 Å². The molecule has 2 atom stereocenters. The number of hydrogen-bond acceptors (Lipinski definition) is 5. The second kappa shape index (κ2) is 8.47. The minimum Gasteiger partial charge on any atom is -0.491 e. The van der Waals surface area contributed by atoms with Crippen LogP contribution in [0.4, 0.5) is 5.69 Å². The fraction of sp³-hybridized carbons (Fsp3) is 0.185. The number of para-hydroxylation sites is 2. The van der Waals surface area contributed by atoms with Crippen LogP contribution in [0.1, 0.15) is 30.9 Å². The van der Waals surface area contributed by atoms with Crippen LogP contribution >= 0.6 is 0 Å². The number of hydrogen-bond donors (Lipinski definition) is 1. The molecule has 6 heteroatoms. The Labute approximate surface area is 190 Å². The maximum Gasteiger partial charge on any atom is 0.344 e. The van der Waals surface area contributed by atoms with E-state index in [0.29, 0.717) is 33.7 Å². The molecule has 1 aliphatic rings. The highest BCUT2D eigenvalue weighted by Gasteiger charge is 2.44. The highest BCUT2D eigenvalue weighted by atomic mass is 16.5. The summed E-state index contributed by atoms with van der Waals surface area (Å²) < 4.78 is 17.5. The quantitative estimate of drug-likeness (QED) is 0.436. The number of rotatable bonds is 5. The van der Waals surface area contributed by atoms with Gasteiger partial charge in [-0.3, -0.25) is 4.79 Å². The number of nitrogens with one attached hydrogen (secondary N) is 1. The van der Waals surface area contributed by atoms with Crippen LogP contribution in [0.3, 0.4) is 0 Å². The lowest BCUT2D eigenvalue weighted by Crippen LogP contribution is -2.35. The van der Waals surface area contributed by atoms with Gasteiger partial charge in [-0.25, -0.2) is 4.79 Å².